The summed E-state index contributed by atoms with van der Waals surface area (Å²) in [4.78, 5) is 2.87. The van der Waals surface area contributed by atoms with Gasteiger partial charge < -0.3 is 0 Å². The van der Waals surface area contributed by atoms with Crippen molar-refractivity contribution in [3.05, 3.63) is 48.5 Å². The summed E-state index contributed by atoms with van der Waals surface area (Å²) in [6.07, 6.45) is 0. The van der Waals surface area contributed by atoms with E-state index in [2.05, 4.69) is 48.5 Å². The summed E-state index contributed by atoms with van der Waals surface area (Å²) in [6.45, 7) is 0. The van der Waals surface area contributed by atoms with E-state index in [0.29, 0.717) is 0 Å². The Hall–Kier alpha value is -0.240. The molecule has 0 nitrogen and oxygen atoms in total. The van der Waals surface area contributed by atoms with Crippen molar-refractivity contribution in [2.75, 3.05) is 0 Å². The van der Waals surface area contributed by atoms with Gasteiger partial charge in [-0.15, -0.1) is 22.7 Å². The fourth-order valence-corrected chi connectivity index (χ4v) is 12.1. The monoisotopic (exact) mass is 392 g/mol. The van der Waals surface area contributed by atoms with Gasteiger partial charge in [0, 0.05) is 20.2 Å². The molecule has 5 rings (SSSR count). The molecule has 0 N–H and O–H groups in total. The minimum Gasteiger partial charge on any atom is -0.127 e. The number of hydrogen-bond acceptors (Lipinski definition) is 6. The molecule has 3 heterocycles. The molecule has 0 aliphatic carbocycles. The highest BCUT2D eigenvalue weighted by Gasteiger charge is 2.22. The summed E-state index contributed by atoms with van der Waals surface area (Å²) in [5.74, 6) is 0. The number of fused-ring (bicyclic) bond motifs is 6. The van der Waals surface area contributed by atoms with Gasteiger partial charge in [-0.1, -0.05) is 36.4 Å². The Balaban J connectivity index is 1.65. The zero-order chi connectivity index (χ0) is 14.5. The van der Waals surface area contributed by atoms with Crippen molar-refractivity contribution in [1.29, 1.82) is 0 Å². The Morgan fingerprint density at radius 2 is 0.955 bits per heavy atom. The summed E-state index contributed by atoms with van der Waals surface area (Å²) in [5, 5.41) is 2.80. The van der Waals surface area contributed by atoms with Gasteiger partial charge in [-0.3, -0.25) is 0 Å². The Morgan fingerprint density at radius 3 is 1.45 bits per heavy atom. The van der Waals surface area contributed by atoms with Crippen LogP contribution in [-0.2, 0) is 0 Å². The van der Waals surface area contributed by atoms with E-state index in [9.17, 15) is 0 Å². The SMILES string of the molecule is c1ccc2c3c(sc2c1)SSc1c(sc2ccccc12)SS3. The molecule has 2 aromatic carbocycles. The molecule has 2 aromatic heterocycles. The van der Waals surface area contributed by atoms with E-state index < -0.39 is 0 Å². The molecule has 0 amide bonds. The molecule has 1 aliphatic rings. The lowest BCUT2D eigenvalue weighted by molar-refractivity contribution is 1.45. The lowest BCUT2D eigenvalue weighted by Gasteiger charge is -2.08. The summed E-state index contributed by atoms with van der Waals surface area (Å²) in [6, 6.07) is 17.5. The predicted octanol–water partition coefficient (Wildman–Crippen LogP) is 8.03. The highest BCUT2D eigenvalue weighted by Crippen LogP contribution is 2.60. The normalized spacial score (nSPS) is 14.5. The van der Waals surface area contributed by atoms with Crippen LogP contribution in [0.1, 0.15) is 0 Å². The van der Waals surface area contributed by atoms with Crippen LogP contribution in [0.3, 0.4) is 0 Å². The van der Waals surface area contributed by atoms with Crippen molar-refractivity contribution in [2.24, 2.45) is 0 Å². The zero-order valence-corrected chi connectivity index (χ0v) is 16.0. The number of hydrogen-bond donors (Lipinski definition) is 0. The first-order chi connectivity index (χ1) is 10.9. The minimum absolute atomic E-state index is 1.39. The average molecular weight is 393 g/mol. The first kappa shape index (κ1) is 14.1. The van der Waals surface area contributed by atoms with Crippen molar-refractivity contribution < 1.29 is 0 Å². The van der Waals surface area contributed by atoms with E-state index >= 15 is 0 Å². The van der Waals surface area contributed by atoms with Gasteiger partial charge in [0.25, 0.3) is 0 Å². The van der Waals surface area contributed by atoms with Gasteiger partial charge in [0.05, 0.1) is 18.2 Å². The maximum Gasteiger partial charge on any atom is 0.0866 e. The van der Waals surface area contributed by atoms with E-state index in [1.165, 1.54) is 38.4 Å². The van der Waals surface area contributed by atoms with Gasteiger partial charge in [0.15, 0.2) is 0 Å². The first-order valence-electron chi connectivity index (χ1n) is 6.62. The second kappa shape index (κ2) is 5.69. The molecule has 0 fully saturated rings. The highest BCUT2D eigenvalue weighted by molar-refractivity contribution is 8.79. The van der Waals surface area contributed by atoms with Gasteiger partial charge >= 0.3 is 0 Å². The molecule has 0 radical (unpaired) electrons. The molecule has 22 heavy (non-hydrogen) atoms. The largest absolute Gasteiger partial charge is 0.127 e. The number of thiophene rings is 2. The predicted molar refractivity (Wildman–Crippen MR) is 107 cm³/mol. The Bertz CT molecular complexity index is 914. The molecule has 4 aromatic rings. The second-order valence-corrected chi connectivity index (χ2v) is 11.7. The smallest absolute Gasteiger partial charge is 0.0866 e. The summed E-state index contributed by atoms with van der Waals surface area (Å²) < 4.78 is 5.65. The van der Waals surface area contributed by atoms with Crippen molar-refractivity contribution in [3.8, 4) is 0 Å². The summed E-state index contributed by atoms with van der Waals surface area (Å²) in [7, 11) is 7.68. The van der Waals surface area contributed by atoms with E-state index in [1.807, 2.05) is 65.8 Å². The highest BCUT2D eigenvalue weighted by atomic mass is 33.1. The molecule has 0 bridgehead atoms. The number of rotatable bonds is 0. The third-order valence-corrected chi connectivity index (χ3v) is 12.1. The van der Waals surface area contributed by atoms with Crippen LogP contribution in [-0.4, -0.2) is 0 Å². The Kier molecular flexibility index (Phi) is 3.65. The Morgan fingerprint density at radius 1 is 0.500 bits per heavy atom. The maximum atomic E-state index is 2.25. The van der Waals surface area contributed by atoms with Crippen LogP contribution >= 0.6 is 65.8 Å². The van der Waals surface area contributed by atoms with Crippen LogP contribution < -0.4 is 0 Å². The van der Waals surface area contributed by atoms with E-state index in [1.54, 1.807) is 0 Å². The second-order valence-electron chi connectivity index (χ2n) is 4.76. The van der Waals surface area contributed by atoms with Gasteiger partial charge in [0.2, 0.25) is 0 Å². The summed E-state index contributed by atoms with van der Waals surface area (Å²) >= 11 is 3.83. The van der Waals surface area contributed by atoms with Crippen LogP contribution in [0.2, 0.25) is 0 Å². The molecular weight excluding hydrogens is 385 g/mol. The molecule has 0 unspecified atom stereocenters. The molecule has 0 spiro atoms. The lowest BCUT2D eigenvalue weighted by atomic mass is 10.3. The van der Waals surface area contributed by atoms with E-state index in [-0.39, 0.29) is 0 Å². The van der Waals surface area contributed by atoms with Gasteiger partial charge in [0.1, 0.15) is 0 Å². The van der Waals surface area contributed by atoms with E-state index in [4.69, 9.17) is 0 Å². The lowest BCUT2D eigenvalue weighted by Crippen LogP contribution is -1.73. The van der Waals surface area contributed by atoms with Crippen molar-refractivity contribution in [2.45, 2.75) is 18.2 Å². The minimum atomic E-state index is 1.39. The quantitative estimate of drug-likeness (QED) is 0.278. The molecule has 0 saturated carbocycles. The fourth-order valence-electron chi connectivity index (χ4n) is 2.43. The van der Waals surface area contributed by atoms with E-state index in [0.717, 1.165) is 0 Å². The molecule has 0 saturated heterocycles. The molecule has 6 heteroatoms. The van der Waals surface area contributed by atoms with Crippen LogP contribution in [0, 0.1) is 0 Å². The van der Waals surface area contributed by atoms with Crippen LogP contribution in [0.5, 0.6) is 0 Å². The summed E-state index contributed by atoms with van der Waals surface area (Å²) in [5.41, 5.74) is 0. The molecule has 0 atom stereocenters. The molecule has 1 aliphatic heterocycles. The molecule has 108 valence electrons. The Labute approximate surface area is 151 Å². The topological polar surface area (TPSA) is 0 Å². The van der Waals surface area contributed by atoms with Crippen molar-refractivity contribution in [3.63, 3.8) is 0 Å². The maximum absolute atomic E-state index is 2.25. The van der Waals surface area contributed by atoms with Gasteiger partial charge in [-0.25, -0.2) is 0 Å². The average Bonchev–Trinajstić information content (AvgIpc) is 3.06. The van der Waals surface area contributed by atoms with Gasteiger partial charge in [-0.05, 0) is 55.3 Å². The fraction of sp³-hybridized carbons (Fsp3) is 0. The molecular formula is C16H8S6. The zero-order valence-electron chi connectivity index (χ0n) is 11.1. The third kappa shape index (κ3) is 2.24. The van der Waals surface area contributed by atoms with Gasteiger partial charge in [-0.2, -0.15) is 0 Å². The number of benzene rings is 2. The van der Waals surface area contributed by atoms with Crippen LogP contribution in [0.25, 0.3) is 20.2 Å². The third-order valence-electron chi connectivity index (χ3n) is 3.44. The standard InChI is InChI=1S/C16H8S6/c1-3-7-11-9(5-1)13-15(17-11)21-20-14-10-6-2-4-8-12(10)18-16(14)22-19-13/h1-8H. The van der Waals surface area contributed by atoms with Crippen LogP contribution in [0.15, 0.2) is 66.7 Å². The van der Waals surface area contributed by atoms with Crippen LogP contribution in [0.4, 0.5) is 0 Å². The van der Waals surface area contributed by atoms with Crippen molar-refractivity contribution in [1.82, 2.24) is 0 Å². The first-order valence-corrected chi connectivity index (χ1v) is 12.6. The van der Waals surface area contributed by atoms with Crippen molar-refractivity contribution >= 4 is 86.0 Å².